The molecule has 0 amide bonds. The summed E-state index contributed by atoms with van der Waals surface area (Å²) in [5.74, 6) is 1.15. The van der Waals surface area contributed by atoms with Crippen LogP contribution in [0.15, 0.2) is 0 Å². The highest BCUT2D eigenvalue weighted by atomic mass is 15.3. The lowest BCUT2D eigenvalue weighted by Crippen LogP contribution is -2.28. The molecule has 2 heterocycles. The molecule has 16 heavy (non-hydrogen) atoms. The maximum absolute atomic E-state index is 4.78. The van der Waals surface area contributed by atoms with E-state index >= 15 is 0 Å². The van der Waals surface area contributed by atoms with Crippen LogP contribution in [0.3, 0.4) is 0 Å². The molecule has 4 heteroatoms. The molecule has 3 rings (SSSR count). The van der Waals surface area contributed by atoms with Gasteiger partial charge in [0.15, 0.2) is 0 Å². The second kappa shape index (κ2) is 3.77. The van der Waals surface area contributed by atoms with Gasteiger partial charge in [0.05, 0.1) is 5.69 Å². The van der Waals surface area contributed by atoms with Crippen LogP contribution in [-0.4, -0.2) is 30.2 Å². The van der Waals surface area contributed by atoms with Crippen LogP contribution in [0.5, 0.6) is 0 Å². The number of aromatic nitrogens is 2. The second-order valence-electron chi connectivity index (χ2n) is 5.08. The number of hydrogen-bond donors (Lipinski definition) is 1. The second-order valence-corrected chi connectivity index (χ2v) is 5.08. The maximum atomic E-state index is 4.78. The average Bonchev–Trinajstić information content (AvgIpc) is 2.56. The lowest BCUT2D eigenvalue weighted by atomic mass is 9.92. The molecule has 0 atom stereocenters. The third-order valence-corrected chi connectivity index (χ3v) is 3.75. The van der Waals surface area contributed by atoms with Gasteiger partial charge in [-0.1, -0.05) is 0 Å². The predicted molar refractivity (Wildman–Crippen MR) is 64.9 cm³/mol. The molecule has 0 saturated heterocycles. The smallest absolute Gasteiger partial charge is 0.205 e. The molecule has 1 fully saturated rings. The first kappa shape index (κ1) is 10.1. The fraction of sp³-hybridized carbons (Fsp3) is 0.750. The topological polar surface area (TPSA) is 33.1 Å². The Morgan fingerprint density at radius 2 is 2.19 bits per heavy atom. The third kappa shape index (κ3) is 1.44. The fourth-order valence-electron chi connectivity index (χ4n) is 2.66. The van der Waals surface area contributed by atoms with E-state index < -0.39 is 0 Å². The fourth-order valence-corrected chi connectivity index (χ4v) is 2.66. The minimum absolute atomic E-state index is 0.715. The standard InChI is InChI=1S/C12H20N4/c1-15(2)12-14-10-8-13-7-6-11(10)16(12)9-4-3-5-9/h9,13H,3-8H2,1-2H3. The maximum Gasteiger partial charge on any atom is 0.205 e. The molecule has 1 aliphatic carbocycles. The minimum Gasteiger partial charge on any atom is -0.348 e. The number of rotatable bonds is 2. The molecule has 1 aromatic heterocycles. The van der Waals surface area contributed by atoms with Gasteiger partial charge in [0.25, 0.3) is 0 Å². The number of anilines is 1. The summed E-state index contributed by atoms with van der Waals surface area (Å²) in [6, 6.07) is 0.715. The van der Waals surface area contributed by atoms with Crippen LogP contribution in [0, 0.1) is 0 Å². The summed E-state index contributed by atoms with van der Waals surface area (Å²) in [5, 5.41) is 3.40. The minimum atomic E-state index is 0.715. The largest absolute Gasteiger partial charge is 0.348 e. The Kier molecular flexibility index (Phi) is 2.39. The summed E-state index contributed by atoms with van der Waals surface area (Å²) < 4.78 is 2.50. The highest BCUT2D eigenvalue weighted by Gasteiger charge is 2.28. The zero-order chi connectivity index (χ0) is 11.1. The van der Waals surface area contributed by atoms with E-state index in [0.29, 0.717) is 6.04 Å². The molecule has 0 aromatic carbocycles. The first-order valence-electron chi connectivity index (χ1n) is 6.25. The van der Waals surface area contributed by atoms with Gasteiger partial charge in [0.1, 0.15) is 0 Å². The van der Waals surface area contributed by atoms with E-state index in [1.165, 1.54) is 30.7 Å². The Morgan fingerprint density at radius 1 is 1.38 bits per heavy atom. The van der Waals surface area contributed by atoms with Crippen LogP contribution >= 0.6 is 0 Å². The lowest BCUT2D eigenvalue weighted by molar-refractivity contribution is 0.306. The number of hydrogen-bond acceptors (Lipinski definition) is 3. The van der Waals surface area contributed by atoms with Crippen molar-refractivity contribution in [2.45, 2.75) is 38.3 Å². The van der Waals surface area contributed by atoms with Crippen molar-refractivity contribution in [3.63, 3.8) is 0 Å². The zero-order valence-corrected chi connectivity index (χ0v) is 10.2. The first-order chi connectivity index (χ1) is 7.77. The third-order valence-electron chi connectivity index (χ3n) is 3.75. The Hall–Kier alpha value is -1.03. The van der Waals surface area contributed by atoms with Gasteiger partial charge in [-0.2, -0.15) is 0 Å². The molecule has 1 aliphatic heterocycles. The number of nitrogens with one attached hydrogen (secondary N) is 1. The predicted octanol–water partition coefficient (Wildman–Crippen LogP) is 1.32. The van der Waals surface area contributed by atoms with E-state index in [0.717, 1.165) is 25.5 Å². The Bertz CT molecular complexity index is 390. The van der Waals surface area contributed by atoms with Gasteiger partial charge in [0.2, 0.25) is 5.95 Å². The van der Waals surface area contributed by atoms with Crippen molar-refractivity contribution in [2.24, 2.45) is 0 Å². The van der Waals surface area contributed by atoms with Crippen molar-refractivity contribution in [3.8, 4) is 0 Å². The molecular weight excluding hydrogens is 200 g/mol. The van der Waals surface area contributed by atoms with E-state index in [2.05, 4.69) is 28.9 Å². The summed E-state index contributed by atoms with van der Waals surface area (Å²) in [4.78, 5) is 6.93. The van der Waals surface area contributed by atoms with Crippen LogP contribution in [0.25, 0.3) is 0 Å². The van der Waals surface area contributed by atoms with Gasteiger partial charge in [-0.05, 0) is 19.3 Å². The SMILES string of the molecule is CN(C)c1nc2c(n1C1CCC1)CCNC2. The van der Waals surface area contributed by atoms with Crippen molar-refractivity contribution < 1.29 is 0 Å². The highest BCUT2D eigenvalue weighted by Crippen LogP contribution is 2.37. The van der Waals surface area contributed by atoms with Gasteiger partial charge < -0.3 is 14.8 Å². The highest BCUT2D eigenvalue weighted by molar-refractivity contribution is 5.38. The number of nitrogens with zero attached hydrogens (tertiary/aromatic N) is 3. The van der Waals surface area contributed by atoms with Crippen molar-refractivity contribution in [2.75, 3.05) is 25.5 Å². The lowest BCUT2D eigenvalue weighted by Gasteiger charge is -2.32. The molecule has 0 radical (unpaired) electrons. The van der Waals surface area contributed by atoms with Crippen molar-refractivity contribution in [3.05, 3.63) is 11.4 Å². The van der Waals surface area contributed by atoms with E-state index in [4.69, 9.17) is 4.98 Å². The quantitative estimate of drug-likeness (QED) is 0.816. The molecule has 0 spiro atoms. The summed E-state index contributed by atoms with van der Waals surface area (Å²) in [6.45, 7) is 2.04. The van der Waals surface area contributed by atoms with Gasteiger partial charge in [0, 0.05) is 45.3 Å². The van der Waals surface area contributed by atoms with Crippen LogP contribution in [0.4, 0.5) is 5.95 Å². The number of fused-ring (bicyclic) bond motifs is 1. The first-order valence-corrected chi connectivity index (χ1v) is 6.25. The molecule has 88 valence electrons. The van der Waals surface area contributed by atoms with Crippen LogP contribution in [0.2, 0.25) is 0 Å². The van der Waals surface area contributed by atoms with Crippen LogP contribution in [0.1, 0.15) is 36.7 Å². The molecule has 1 N–H and O–H groups in total. The van der Waals surface area contributed by atoms with E-state index in [1.54, 1.807) is 0 Å². The summed E-state index contributed by atoms with van der Waals surface area (Å²) in [6.07, 6.45) is 5.17. The van der Waals surface area contributed by atoms with E-state index in [-0.39, 0.29) is 0 Å². The summed E-state index contributed by atoms with van der Waals surface area (Å²) >= 11 is 0. The Morgan fingerprint density at radius 3 is 2.81 bits per heavy atom. The molecule has 0 bridgehead atoms. The van der Waals surface area contributed by atoms with E-state index in [1.807, 2.05) is 0 Å². The van der Waals surface area contributed by atoms with Crippen molar-refractivity contribution in [1.29, 1.82) is 0 Å². The average molecular weight is 220 g/mol. The summed E-state index contributed by atoms with van der Waals surface area (Å²) in [7, 11) is 4.19. The monoisotopic (exact) mass is 220 g/mol. The molecule has 0 unspecified atom stereocenters. The van der Waals surface area contributed by atoms with Gasteiger partial charge in [-0.25, -0.2) is 4.98 Å². The van der Waals surface area contributed by atoms with E-state index in [9.17, 15) is 0 Å². The molecule has 1 saturated carbocycles. The molecule has 2 aliphatic rings. The number of imidazole rings is 1. The van der Waals surface area contributed by atoms with Crippen molar-refractivity contribution in [1.82, 2.24) is 14.9 Å². The van der Waals surface area contributed by atoms with Crippen LogP contribution in [-0.2, 0) is 13.0 Å². The zero-order valence-electron chi connectivity index (χ0n) is 10.2. The molecule has 4 nitrogen and oxygen atoms in total. The summed E-state index contributed by atoms with van der Waals surface area (Å²) in [5.41, 5.74) is 2.74. The van der Waals surface area contributed by atoms with Gasteiger partial charge in [-0.15, -0.1) is 0 Å². The van der Waals surface area contributed by atoms with Crippen molar-refractivity contribution >= 4 is 5.95 Å². The van der Waals surface area contributed by atoms with Crippen LogP contribution < -0.4 is 10.2 Å². The molecular formula is C12H20N4. The van der Waals surface area contributed by atoms with Gasteiger partial charge >= 0.3 is 0 Å². The normalized spacial score (nSPS) is 20.4. The Balaban J connectivity index is 2.06. The van der Waals surface area contributed by atoms with Gasteiger partial charge in [-0.3, -0.25) is 0 Å². The molecule has 1 aromatic rings. The Labute approximate surface area is 96.7 Å².